The topological polar surface area (TPSA) is 52.4 Å². The molecule has 0 aliphatic heterocycles. The number of alkyl halides is 1. The molecule has 4 nitrogen and oxygen atoms in total. The monoisotopic (exact) mass is 341 g/mol. The molecule has 2 rings (SSSR count). The number of nitro benzene ring substituents is 1. The maximum absolute atomic E-state index is 10.8. The van der Waals surface area contributed by atoms with Crippen LogP contribution in [0.25, 0.3) is 0 Å². The molecule has 0 amide bonds. The van der Waals surface area contributed by atoms with Crippen LogP contribution in [0.15, 0.2) is 46.9 Å². The Morgan fingerprint density at radius 1 is 1.16 bits per heavy atom. The molecule has 6 heteroatoms. The van der Waals surface area contributed by atoms with Crippen molar-refractivity contribution in [3.63, 3.8) is 0 Å². The fourth-order valence-electron chi connectivity index (χ4n) is 1.49. The number of nitrogens with zero attached hydrogens (tertiary/aromatic N) is 1. The van der Waals surface area contributed by atoms with E-state index in [4.69, 9.17) is 16.3 Å². The average molecular weight is 343 g/mol. The molecular weight excluding hydrogens is 334 g/mol. The lowest BCUT2D eigenvalue weighted by Crippen LogP contribution is -1.90. The lowest BCUT2D eigenvalue weighted by molar-refractivity contribution is -0.385. The molecule has 0 spiro atoms. The number of rotatable bonds is 4. The van der Waals surface area contributed by atoms with Crippen LogP contribution < -0.4 is 4.74 Å². The Labute approximate surface area is 123 Å². The van der Waals surface area contributed by atoms with Gasteiger partial charge in [0.25, 0.3) is 5.69 Å². The van der Waals surface area contributed by atoms with Gasteiger partial charge in [-0.15, -0.1) is 11.6 Å². The minimum absolute atomic E-state index is 0.0262. The van der Waals surface area contributed by atoms with Crippen molar-refractivity contribution in [1.29, 1.82) is 0 Å². The molecule has 0 fully saturated rings. The summed E-state index contributed by atoms with van der Waals surface area (Å²) in [4.78, 5) is 10.3. The number of nitro groups is 1. The molecule has 0 aliphatic carbocycles. The summed E-state index contributed by atoms with van der Waals surface area (Å²) in [6, 6.07) is 11.7. The van der Waals surface area contributed by atoms with Gasteiger partial charge in [0.15, 0.2) is 0 Å². The Kier molecular flexibility index (Phi) is 4.39. The zero-order chi connectivity index (χ0) is 13.8. The lowest BCUT2D eigenvalue weighted by atomic mass is 10.2. The van der Waals surface area contributed by atoms with E-state index in [1.807, 2.05) is 12.1 Å². The third kappa shape index (κ3) is 3.68. The third-order valence-electron chi connectivity index (χ3n) is 2.38. The second-order valence-corrected chi connectivity index (χ2v) is 4.96. The molecule has 2 aromatic rings. The number of halogens is 2. The van der Waals surface area contributed by atoms with E-state index in [2.05, 4.69) is 15.9 Å². The summed E-state index contributed by atoms with van der Waals surface area (Å²) < 4.78 is 6.16. The van der Waals surface area contributed by atoms with Crippen LogP contribution in [0.5, 0.6) is 11.5 Å². The highest BCUT2D eigenvalue weighted by Gasteiger charge is 2.10. The Morgan fingerprint density at radius 2 is 1.84 bits per heavy atom. The van der Waals surface area contributed by atoms with Gasteiger partial charge in [-0.2, -0.15) is 0 Å². The van der Waals surface area contributed by atoms with E-state index in [9.17, 15) is 10.1 Å². The maximum atomic E-state index is 10.8. The number of non-ortho nitro benzene ring substituents is 1. The van der Waals surface area contributed by atoms with Gasteiger partial charge in [0.05, 0.1) is 11.0 Å². The van der Waals surface area contributed by atoms with E-state index >= 15 is 0 Å². The van der Waals surface area contributed by atoms with Crippen molar-refractivity contribution in [2.75, 3.05) is 0 Å². The van der Waals surface area contributed by atoms with E-state index in [-0.39, 0.29) is 5.69 Å². The van der Waals surface area contributed by atoms with Crippen molar-refractivity contribution < 1.29 is 9.66 Å². The van der Waals surface area contributed by atoms with Crippen molar-refractivity contribution in [2.24, 2.45) is 0 Å². The van der Waals surface area contributed by atoms with Crippen LogP contribution in [0, 0.1) is 10.1 Å². The van der Waals surface area contributed by atoms with Crippen LogP contribution in [0.4, 0.5) is 5.69 Å². The minimum atomic E-state index is -0.464. The van der Waals surface area contributed by atoms with Gasteiger partial charge in [0, 0.05) is 16.4 Å². The predicted octanol–water partition coefficient (Wildman–Crippen LogP) is 4.89. The van der Waals surface area contributed by atoms with Crippen LogP contribution >= 0.6 is 27.5 Å². The highest BCUT2D eigenvalue weighted by molar-refractivity contribution is 9.10. The summed E-state index contributed by atoms with van der Waals surface area (Å²) in [6.45, 7) is 0. The van der Waals surface area contributed by atoms with Gasteiger partial charge in [0.1, 0.15) is 11.5 Å². The first-order chi connectivity index (χ1) is 9.08. The van der Waals surface area contributed by atoms with Crippen LogP contribution in [-0.2, 0) is 5.88 Å². The first-order valence-electron chi connectivity index (χ1n) is 5.36. The van der Waals surface area contributed by atoms with Gasteiger partial charge >= 0.3 is 0 Å². The fraction of sp³-hybridized carbons (Fsp3) is 0.0769. The molecule has 2 aromatic carbocycles. The molecule has 98 valence electrons. The Hall–Kier alpha value is -1.59. The van der Waals surface area contributed by atoms with Crippen LogP contribution in [0.2, 0.25) is 0 Å². The largest absolute Gasteiger partial charge is 0.457 e. The van der Waals surface area contributed by atoms with E-state index in [1.165, 1.54) is 12.1 Å². The van der Waals surface area contributed by atoms with Gasteiger partial charge in [-0.05, 0) is 23.8 Å². The Morgan fingerprint density at radius 3 is 2.42 bits per heavy atom. The van der Waals surface area contributed by atoms with Gasteiger partial charge in [-0.3, -0.25) is 10.1 Å². The van der Waals surface area contributed by atoms with Crippen LogP contribution in [0.3, 0.4) is 0 Å². The minimum Gasteiger partial charge on any atom is -0.457 e. The van der Waals surface area contributed by atoms with E-state index in [0.29, 0.717) is 21.9 Å². The smallest absolute Gasteiger partial charge is 0.274 e. The molecule has 0 unspecified atom stereocenters. The van der Waals surface area contributed by atoms with Crippen molar-refractivity contribution in [3.05, 3.63) is 62.6 Å². The zero-order valence-corrected chi connectivity index (χ0v) is 12.0. The molecular formula is C13H9BrClNO3. The van der Waals surface area contributed by atoms with E-state index < -0.39 is 4.92 Å². The molecule has 0 aromatic heterocycles. The second-order valence-electron chi connectivity index (χ2n) is 3.78. The molecule has 0 saturated carbocycles. The molecule has 0 aliphatic rings. The number of hydrogen-bond acceptors (Lipinski definition) is 3. The molecule has 0 N–H and O–H groups in total. The fourth-order valence-corrected chi connectivity index (χ4v) is 2.13. The third-order valence-corrected chi connectivity index (χ3v) is 3.15. The van der Waals surface area contributed by atoms with Crippen molar-refractivity contribution in [2.45, 2.75) is 5.88 Å². The van der Waals surface area contributed by atoms with E-state index in [1.54, 1.807) is 18.2 Å². The molecule has 0 saturated heterocycles. The lowest BCUT2D eigenvalue weighted by Gasteiger charge is -2.06. The highest BCUT2D eigenvalue weighted by atomic mass is 79.9. The van der Waals surface area contributed by atoms with E-state index in [0.717, 1.165) is 5.56 Å². The van der Waals surface area contributed by atoms with Crippen LogP contribution in [0.1, 0.15) is 5.56 Å². The quantitative estimate of drug-likeness (QED) is 0.451. The molecule has 0 radical (unpaired) electrons. The number of hydrogen-bond donors (Lipinski definition) is 0. The summed E-state index contributed by atoms with van der Waals surface area (Å²) >= 11 is 8.91. The number of ether oxygens (including phenoxy) is 1. The molecule has 0 atom stereocenters. The summed E-state index contributed by atoms with van der Waals surface area (Å²) in [5, 5.41) is 10.8. The van der Waals surface area contributed by atoms with Gasteiger partial charge < -0.3 is 4.74 Å². The van der Waals surface area contributed by atoms with Crippen LogP contribution in [-0.4, -0.2) is 4.92 Å². The number of benzene rings is 2. The maximum Gasteiger partial charge on any atom is 0.274 e. The standard InChI is InChI=1S/C13H9BrClNO3/c14-10-5-11(16(17)18)7-13(6-10)19-12-3-1-9(8-15)2-4-12/h1-7H,8H2. The highest BCUT2D eigenvalue weighted by Crippen LogP contribution is 2.29. The van der Waals surface area contributed by atoms with Gasteiger partial charge in [-0.1, -0.05) is 28.1 Å². The summed E-state index contributed by atoms with van der Waals surface area (Å²) in [5.74, 6) is 1.43. The molecule has 0 bridgehead atoms. The second kappa shape index (κ2) is 6.04. The summed E-state index contributed by atoms with van der Waals surface area (Å²) in [6.07, 6.45) is 0. The first-order valence-corrected chi connectivity index (χ1v) is 6.69. The average Bonchev–Trinajstić information content (AvgIpc) is 2.39. The van der Waals surface area contributed by atoms with Gasteiger partial charge in [0.2, 0.25) is 0 Å². The zero-order valence-electron chi connectivity index (χ0n) is 9.68. The summed E-state index contributed by atoms with van der Waals surface area (Å²) in [5.41, 5.74) is 0.955. The molecule has 19 heavy (non-hydrogen) atoms. The van der Waals surface area contributed by atoms with Crippen molar-refractivity contribution in [3.8, 4) is 11.5 Å². The Balaban J connectivity index is 2.24. The SMILES string of the molecule is O=[N+]([O-])c1cc(Br)cc(Oc2ccc(CCl)cc2)c1. The van der Waals surface area contributed by atoms with Crippen molar-refractivity contribution >= 4 is 33.2 Å². The molecule has 0 heterocycles. The van der Waals surface area contributed by atoms with Crippen molar-refractivity contribution in [1.82, 2.24) is 0 Å². The van der Waals surface area contributed by atoms with Gasteiger partial charge in [-0.25, -0.2) is 0 Å². The predicted molar refractivity (Wildman–Crippen MR) is 76.9 cm³/mol. The Bertz CT molecular complexity index is 601. The first kappa shape index (κ1) is 13.8. The summed E-state index contributed by atoms with van der Waals surface area (Å²) in [7, 11) is 0. The normalized spacial score (nSPS) is 10.2.